The molecule has 2 amide bonds. The highest BCUT2D eigenvalue weighted by Crippen LogP contribution is 1.80. The van der Waals surface area contributed by atoms with Crippen LogP contribution in [0.25, 0.3) is 0 Å². The highest BCUT2D eigenvalue weighted by Gasteiger charge is 1.86. The fourth-order valence-electron chi connectivity index (χ4n) is 0.773. The van der Waals surface area contributed by atoms with E-state index in [1.807, 2.05) is 36.4 Å². The first-order valence-corrected chi connectivity index (χ1v) is 4.80. The summed E-state index contributed by atoms with van der Waals surface area (Å²) in [7, 11) is 0. The minimum Gasteiger partial charge on any atom is -0.352 e. The van der Waals surface area contributed by atoms with E-state index < -0.39 is 6.03 Å². The normalized spacial score (nSPS) is 8.36. The summed E-state index contributed by atoms with van der Waals surface area (Å²) in [5.74, 6) is 0. The molecule has 1 aromatic rings. The fraction of sp³-hybridized carbons (Fsp3) is 0.364. The van der Waals surface area contributed by atoms with Gasteiger partial charge in [0.25, 0.3) is 0 Å². The van der Waals surface area contributed by atoms with Crippen molar-refractivity contribution in [2.24, 2.45) is 5.73 Å². The van der Waals surface area contributed by atoms with Crippen molar-refractivity contribution in [1.82, 2.24) is 5.32 Å². The van der Waals surface area contributed by atoms with Gasteiger partial charge in [-0.2, -0.15) is 0 Å². The van der Waals surface area contributed by atoms with Gasteiger partial charge in [-0.25, -0.2) is 4.79 Å². The molecule has 0 radical (unpaired) electrons. The monoisotopic (exact) mass is 194 g/mol. The molecule has 0 saturated carbocycles. The first-order valence-electron chi connectivity index (χ1n) is 4.80. The average Bonchev–Trinajstić information content (AvgIpc) is 2.21. The van der Waals surface area contributed by atoms with E-state index in [9.17, 15) is 4.79 Å². The summed E-state index contributed by atoms with van der Waals surface area (Å²) >= 11 is 0. The Balaban J connectivity index is 0.000000249. The van der Waals surface area contributed by atoms with Gasteiger partial charge in [0, 0.05) is 6.54 Å². The van der Waals surface area contributed by atoms with Gasteiger partial charge < -0.3 is 11.1 Å². The number of amides is 2. The molecule has 3 nitrogen and oxygen atoms in total. The molecule has 3 heteroatoms. The highest BCUT2D eigenvalue weighted by atomic mass is 16.2. The van der Waals surface area contributed by atoms with E-state index in [1.54, 1.807) is 0 Å². The van der Waals surface area contributed by atoms with Crippen LogP contribution in [0.2, 0.25) is 0 Å². The van der Waals surface area contributed by atoms with Crippen LogP contribution in [-0.2, 0) is 0 Å². The number of carbonyl (C=O) groups excluding carboxylic acids is 1. The smallest absolute Gasteiger partial charge is 0.312 e. The Hall–Kier alpha value is -1.51. The number of urea groups is 1. The van der Waals surface area contributed by atoms with E-state index in [0.29, 0.717) is 6.54 Å². The molecule has 0 fully saturated rings. The lowest BCUT2D eigenvalue weighted by Crippen LogP contribution is -2.29. The summed E-state index contributed by atoms with van der Waals surface area (Å²) in [6.45, 7) is 2.76. The summed E-state index contributed by atoms with van der Waals surface area (Å²) < 4.78 is 0. The molecule has 1 rings (SSSR count). The van der Waals surface area contributed by atoms with E-state index in [1.165, 1.54) is 0 Å². The second-order valence-corrected chi connectivity index (χ2v) is 2.80. The van der Waals surface area contributed by atoms with Gasteiger partial charge in [0.05, 0.1) is 0 Å². The van der Waals surface area contributed by atoms with E-state index in [0.717, 1.165) is 12.8 Å². The van der Waals surface area contributed by atoms with Gasteiger partial charge in [-0.1, -0.05) is 49.7 Å². The van der Waals surface area contributed by atoms with Crippen molar-refractivity contribution < 1.29 is 4.79 Å². The molecule has 0 aromatic heterocycles. The van der Waals surface area contributed by atoms with Crippen LogP contribution in [-0.4, -0.2) is 12.6 Å². The van der Waals surface area contributed by atoms with E-state index in [2.05, 4.69) is 12.2 Å². The number of hydrogen-bond acceptors (Lipinski definition) is 1. The Morgan fingerprint density at radius 3 is 1.86 bits per heavy atom. The van der Waals surface area contributed by atoms with Crippen LogP contribution in [0.15, 0.2) is 36.4 Å². The zero-order chi connectivity index (χ0) is 10.6. The lowest BCUT2D eigenvalue weighted by atomic mass is 10.3. The first kappa shape index (κ1) is 12.5. The Morgan fingerprint density at radius 2 is 1.57 bits per heavy atom. The molecule has 14 heavy (non-hydrogen) atoms. The fourth-order valence-corrected chi connectivity index (χ4v) is 0.773. The minimum atomic E-state index is -0.432. The Morgan fingerprint density at radius 1 is 1.14 bits per heavy atom. The molecule has 1 aromatic carbocycles. The van der Waals surface area contributed by atoms with Crippen molar-refractivity contribution in [3.63, 3.8) is 0 Å². The molecule has 0 atom stereocenters. The van der Waals surface area contributed by atoms with Crippen molar-refractivity contribution >= 4 is 6.03 Å². The molecular weight excluding hydrogens is 176 g/mol. The van der Waals surface area contributed by atoms with Crippen LogP contribution in [0, 0.1) is 0 Å². The summed E-state index contributed by atoms with van der Waals surface area (Å²) in [6.07, 6.45) is 2.09. The average molecular weight is 194 g/mol. The van der Waals surface area contributed by atoms with Crippen molar-refractivity contribution in [2.75, 3.05) is 6.54 Å². The predicted molar refractivity (Wildman–Crippen MR) is 58.9 cm³/mol. The quantitative estimate of drug-likeness (QED) is 0.712. The van der Waals surface area contributed by atoms with Crippen LogP contribution in [0.3, 0.4) is 0 Å². The molecule has 0 aliphatic heterocycles. The Labute approximate surface area is 85.3 Å². The molecule has 78 valence electrons. The third-order valence-corrected chi connectivity index (χ3v) is 1.50. The molecule has 0 bridgehead atoms. The third kappa shape index (κ3) is 10.5. The summed E-state index contributed by atoms with van der Waals surface area (Å²) in [5.41, 5.74) is 4.78. The predicted octanol–water partition coefficient (Wildman–Crippen LogP) is 2.14. The lowest BCUT2D eigenvalue weighted by Gasteiger charge is -1.96. The van der Waals surface area contributed by atoms with E-state index >= 15 is 0 Å². The van der Waals surface area contributed by atoms with Crippen LogP contribution in [0.1, 0.15) is 19.8 Å². The molecule has 0 heterocycles. The molecule has 0 aliphatic carbocycles. The maximum Gasteiger partial charge on any atom is 0.312 e. The molecule has 0 spiro atoms. The second-order valence-electron chi connectivity index (χ2n) is 2.80. The standard InChI is InChI=1S/C6H6.C5H12N2O/c1-2-4-6-5-3-1;1-2-3-4-7-5(6)8/h1-6H;2-4H2,1H3,(H3,6,7,8). The van der Waals surface area contributed by atoms with Gasteiger partial charge in [-0.15, -0.1) is 0 Å². The summed E-state index contributed by atoms with van der Waals surface area (Å²) in [6, 6.07) is 11.6. The summed E-state index contributed by atoms with van der Waals surface area (Å²) in [5, 5.41) is 2.49. The number of unbranched alkanes of at least 4 members (excludes halogenated alkanes) is 1. The van der Waals surface area contributed by atoms with Crippen molar-refractivity contribution in [1.29, 1.82) is 0 Å². The summed E-state index contributed by atoms with van der Waals surface area (Å²) in [4.78, 5) is 9.99. The maximum atomic E-state index is 9.99. The minimum absolute atomic E-state index is 0.432. The van der Waals surface area contributed by atoms with Crippen molar-refractivity contribution in [3.05, 3.63) is 36.4 Å². The number of nitrogens with one attached hydrogen (secondary N) is 1. The molecule has 0 unspecified atom stereocenters. The van der Waals surface area contributed by atoms with Gasteiger partial charge in [0.1, 0.15) is 0 Å². The molecule has 0 saturated heterocycles. The number of nitrogens with two attached hydrogens (primary N) is 1. The first-order chi connectivity index (χ1) is 6.77. The van der Waals surface area contributed by atoms with Crippen LogP contribution in [0.5, 0.6) is 0 Å². The van der Waals surface area contributed by atoms with Gasteiger partial charge in [-0.05, 0) is 6.42 Å². The van der Waals surface area contributed by atoms with Gasteiger partial charge in [0.2, 0.25) is 0 Å². The SMILES string of the molecule is CCCCNC(N)=O.c1ccccc1. The number of hydrogen-bond donors (Lipinski definition) is 2. The van der Waals surface area contributed by atoms with Crippen molar-refractivity contribution in [3.8, 4) is 0 Å². The lowest BCUT2D eigenvalue weighted by molar-refractivity contribution is 0.249. The topological polar surface area (TPSA) is 55.1 Å². The Kier molecular flexibility index (Phi) is 8.54. The van der Waals surface area contributed by atoms with Crippen LogP contribution < -0.4 is 11.1 Å². The van der Waals surface area contributed by atoms with Crippen LogP contribution in [0.4, 0.5) is 4.79 Å². The van der Waals surface area contributed by atoms with Gasteiger partial charge >= 0.3 is 6.03 Å². The maximum absolute atomic E-state index is 9.99. The van der Waals surface area contributed by atoms with Gasteiger partial charge in [-0.3, -0.25) is 0 Å². The molecule has 0 aliphatic rings. The Bertz CT molecular complexity index is 197. The number of rotatable bonds is 3. The van der Waals surface area contributed by atoms with E-state index in [4.69, 9.17) is 5.73 Å². The highest BCUT2D eigenvalue weighted by molar-refractivity contribution is 5.71. The number of carbonyl (C=O) groups is 1. The molecule has 3 N–H and O–H groups in total. The molecular formula is C11H18N2O. The number of benzene rings is 1. The van der Waals surface area contributed by atoms with Gasteiger partial charge in [0.15, 0.2) is 0 Å². The van der Waals surface area contributed by atoms with Crippen molar-refractivity contribution in [2.45, 2.75) is 19.8 Å². The zero-order valence-electron chi connectivity index (χ0n) is 8.57. The largest absolute Gasteiger partial charge is 0.352 e. The third-order valence-electron chi connectivity index (χ3n) is 1.50. The van der Waals surface area contributed by atoms with E-state index in [-0.39, 0.29) is 0 Å². The van der Waals surface area contributed by atoms with Crippen LogP contribution >= 0.6 is 0 Å². The number of primary amides is 1. The second kappa shape index (κ2) is 9.58. The zero-order valence-corrected chi connectivity index (χ0v) is 8.57.